The Morgan fingerprint density at radius 2 is 1.43 bits per heavy atom. The van der Waals surface area contributed by atoms with Gasteiger partial charge in [-0.1, -0.05) is 12.2 Å². The molecule has 3 heteroatoms. The highest BCUT2D eigenvalue weighted by molar-refractivity contribution is 5.10. The minimum absolute atomic E-state index is 0.889. The van der Waals surface area contributed by atoms with Crippen molar-refractivity contribution in [3.05, 3.63) is 12.2 Å². The zero-order valence-corrected chi connectivity index (χ0v) is 14.6. The molecular weight excluding hydrogens is 258 g/mol. The third kappa shape index (κ3) is 5.72. The van der Waals surface area contributed by atoms with Crippen molar-refractivity contribution in [2.45, 2.75) is 25.7 Å². The first-order chi connectivity index (χ1) is 10.0. The van der Waals surface area contributed by atoms with E-state index in [-0.39, 0.29) is 0 Å². The molecule has 0 heterocycles. The minimum Gasteiger partial charge on any atom is -0.309 e. The number of fused-ring (bicyclic) bond motifs is 2. The number of rotatable bonds is 10. The van der Waals surface area contributed by atoms with Crippen molar-refractivity contribution in [3.8, 4) is 0 Å². The average Bonchev–Trinajstić information content (AvgIpc) is 2.99. The summed E-state index contributed by atoms with van der Waals surface area (Å²) in [5.41, 5.74) is 0. The molecule has 3 unspecified atom stereocenters. The summed E-state index contributed by atoms with van der Waals surface area (Å²) >= 11 is 0. The summed E-state index contributed by atoms with van der Waals surface area (Å²) in [7, 11) is 8.71. The monoisotopic (exact) mass is 293 g/mol. The van der Waals surface area contributed by atoms with Crippen molar-refractivity contribution in [2.24, 2.45) is 17.8 Å². The van der Waals surface area contributed by atoms with Crippen LogP contribution in [0.1, 0.15) is 25.7 Å². The molecule has 2 bridgehead atoms. The predicted molar refractivity (Wildman–Crippen MR) is 91.6 cm³/mol. The van der Waals surface area contributed by atoms with Gasteiger partial charge in [-0.25, -0.2) is 0 Å². The second kappa shape index (κ2) is 8.30. The molecule has 0 spiro atoms. The fourth-order valence-electron chi connectivity index (χ4n) is 3.95. The Labute approximate surface area is 132 Å². The van der Waals surface area contributed by atoms with Gasteiger partial charge < -0.3 is 14.7 Å². The van der Waals surface area contributed by atoms with Crippen LogP contribution < -0.4 is 0 Å². The zero-order valence-electron chi connectivity index (χ0n) is 14.6. The maximum Gasteiger partial charge on any atom is 0.00155 e. The molecule has 1 fully saturated rings. The molecule has 0 saturated heterocycles. The van der Waals surface area contributed by atoms with Crippen LogP contribution in [0.5, 0.6) is 0 Å². The maximum absolute atomic E-state index is 2.74. The summed E-state index contributed by atoms with van der Waals surface area (Å²) in [5.74, 6) is 2.73. The highest BCUT2D eigenvalue weighted by Crippen LogP contribution is 2.43. The lowest BCUT2D eigenvalue weighted by atomic mass is 9.93. The molecule has 21 heavy (non-hydrogen) atoms. The van der Waals surface area contributed by atoms with Crippen LogP contribution in [0.3, 0.4) is 0 Å². The van der Waals surface area contributed by atoms with Gasteiger partial charge in [0.2, 0.25) is 0 Å². The largest absolute Gasteiger partial charge is 0.309 e. The van der Waals surface area contributed by atoms with E-state index in [1.807, 2.05) is 0 Å². The van der Waals surface area contributed by atoms with E-state index in [4.69, 9.17) is 0 Å². The molecule has 3 nitrogen and oxygen atoms in total. The standard InChI is InChI=1S/C18H35N3/c1-19(2)9-5-11-21(12-6-10-20(3)4)15-18-14-16-7-8-17(18)13-16/h7-8,16-18H,5-6,9-15H2,1-4H3. The smallest absolute Gasteiger partial charge is 0.00155 e. The quantitative estimate of drug-likeness (QED) is 0.573. The Hall–Kier alpha value is -0.380. The summed E-state index contributed by atoms with van der Waals surface area (Å²) in [5, 5.41) is 0. The first-order valence-electron chi connectivity index (χ1n) is 8.74. The third-order valence-electron chi connectivity index (χ3n) is 5.07. The summed E-state index contributed by atoms with van der Waals surface area (Å²) < 4.78 is 0. The molecular formula is C18H35N3. The minimum atomic E-state index is 0.889. The lowest BCUT2D eigenvalue weighted by Gasteiger charge is -2.29. The van der Waals surface area contributed by atoms with Crippen LogP contribution >= 0.6 is 0 Å². The second-order valence-corrected chi connectivity index (χ2v) is 7.65. The van der Waals surface area contributed by atoms with E-state index < -0.39 is 0 Å². The zero-order chi connectivity index (χ0) is 15.2. The Morgan fingerprint density at radius 3 is 1.86 bits per heavy atom. The van der Waals surface area contributed by atoms with Gasteiger partial charge in [-0.3, -0.25) is 0 Å². The first kappa shape index (κ1) is 17.0. The summed E-state index contributed by atoms with van der Waals surface area (Å²) in [6.07, 6.45) is 10.4. The maximum atomic E-state index is 2.74. The Morgan fingerprint density at radius 1 is 0.810 bits per heavy atom. The molecule has 2 aliphatic rings. The number of hydrogen-bond donors (Lipinski definition) is 0. The van der Waals surface area contributed by atoms with Gasteiger partial charge >= 0.3 is 0 Å². The molecule has 0 aromatic carbocycles. The fourth-order valence-corrected chi connectivity index (χ4v) is 3.95. The second-order valence-electron chi connectivity index (χ2n) is 7.65. The Kier molecular flexibility index (Phi) is 6.72. The van der Waals surface area contributed by atoms with Gasteiger partial charge in [-0.2, -0.15) is 0 Å². The fraction of sp³-hybridized carbons (Fsp3) is 0.889. The highest BCUT2D eigenvalue weighted by atomic mass is 15.1. The van der Waals surface area contributed by atoms with Gasteiger partial charge in [-0.05, 0) is 97.8 Å². The average molecular weight is 293 g/mol. The van der Waals surface area contributed by atoms with Gasteiger partial charge in [0.15, 0.2) is 0 Å². The van der Waals surface area contributed by atoms with Crippen LogP contribution in [0.4, 0.5) is 0 Å². The third-order valence-corrected chi connectivity index (χ3v) is 5.07. The van der Waals surface area contributed by atoms with E-state index >= 15 is 0 Å². The van der Waals surface area contributed by atoms with Gasteiger partial charge in [0.25, 0.3) is 0 Å². The van der Waals surface area contributed by atoms with Crippen LogP contribution in [-0.4, -0.2) is 75.6 Å². The summed E-state index contributed by atoms with van der Waals surface area (Å²) in [6, 6.07) is 0. The molecule has 0 radical (unpaired) electrons. The number of nitrogens with zero attached hydrogens (tertiary/aromatic N) is 3. The summed E-state index contributed by atoms with van der Waals surface area (Å²) in [4.78, 5) is 7.35. The van der Waals surface area contributed by atoms with E-state index in [9.17, 15) is 0 Å². The Balaban J connectivity index is 1.75. The lowest BCUT2D eigenvalue weighted by Crippen LogP contribution is -2.35. The van der Waals surface area contributed by atoms with Crippen molar-refractivity contribution in [3.63, 3.8) is 0 Å². The van der Waals surface area contributed by atoms with Crippen molar-refractivity contribution >= 4 is 0 Å². The normalized spacial score (nSPS) is 27.7. The van der Waals surface area contributed by atoms with Crippen molar-refractivity contribution in [1.29, 1.82) is 0 Å². The first-order valence-corrected chi connectivity index (χ1v) is 8.74. The molecule has 0 aromatic heterocycles. The van der Waals surface area contributed by atoms with Gasteiger partial charge in [0, 0.05) is 6.54 Å². The molecule has 2 aliphatic carbocycles. The van der Waals surface area contributed by atoms with E-state index in [0.29, 0.717) is 0 Å². The molecule has 0 amide bonds. The van der Waals surface area contributed by atoms with E-state index in [2.05, 4.69) is 55.0 Å². The molecule has 1 saturated carbocycles. The molecule has 2 rings (SSSR count). The lowest BCUT2D eigenvalue weighted by molar-refractivity contribution is 0.196. The highest BCUT2D eigenvalue weighted by Gasteiger charge is 2.36. The van der Waals surface area contributed by atoms with Crippen molar-refractivity contribution < 1.29 is 0 Å². The predicted octanol–water partition coefficient (Wildman–Crippen LogP) is 2.40. The molecule has 0 N–H and O–H groups in total. The van der Waals surface area contributed by atoms with Crippen molar-refractivity contribution in [2.75, 3.05) is 60.9 Å². The molecule has 0 aromatic rings. The SMILES string of the molecule is CN(C)CCCN(CCCN(C)C)CC1CC2C=CC1C2. The van der Waals surface area contributed by atoms with Gasteiger partial charge in [0.05, 0.1) is 0 Å². The van der Waals surface area contributed by atoms with Crippen LogP contribution in [0.15, 0.2) is 12.2 Å². The van der Waals surface area contributed by atoms with E-state index in [1.165, 1.54) is 58.4 Å². The summed E-state index contributed by atoms with van der Waals surface area (Å²) in [6.45, 7) is 6.28. The van der Waals surface area contributed by atoms with Crippen LogP contribution in [0.25, 0.3) is 0 Å². The topological polar surface area (TPSA) is 9.72 Å². The molecule has 122 valence electrons. The van der Waals surface area contributed by atoms with Gasteiger partial charge in [0.1, 0.15) is 0 Å². The van der Waals surface area contributed by atoms with E-state index in [0.717, 1.165) is 17.8 Å². The number of allylic oxidation sites excluding steroid dienone is 2. The Bertz CT molecular complexity index is 310. The van der Waals surface area contributed by atoms with Crippen LogP contribution in [0.2, 0.25) is 0 Å². The van der Waals surface area contributed by atoms with Gasteiger partial charge in [-0.15, -0.1) is 0 Å². The van der Waals surface area contributed by atoms with E-state index in [1.54, 1.807) is 0 Å². The number of hydrogen-bond acceptors (Lipinski definition) is 3. The van der Waals surface area contributed by atoms with Crippen molar-refractivity contribution in [1.82, 2.24) is 14.7 Å². The molecule has 3 atom stereocenters. The van der Waals surface area contributed by atoms with Crippen LogP contribution in [0, 0.1) is 17.8 Å². The molecule has 0 aliphatic heterocycles. The van der Waals surface area contributed by atoms with Crippen LogP contribution in [-0.2, 0) is 0 Å².